The molecule has 1 aromatic carbocycles. The molecule has 2 N–H and O–H groups in total. The van der Waals surface area contributed by atoms with Crippen molar-refractivity contribution in [2.24, 2.45) is 0 Å². The van der Waals surface area contributed by atoms with E-state index in [9.17, 15) is 14.2 Å². The number of hydrogen-bond acceptors (Lipinski definition) is 5. The van der Waals surface area contributed by atoms with Crippen LogP contribution in [-0.2, 0) is 29.6 Å². The van der Waals surface area contributed by atoms with Crippen LogP contribution in [0, 0.1) is 0 Å². The number of benzene rings is 1. The normalized spacial score (nSPS) is 14.1. The third-order valence-corrected chi connectivity index (χ3v) is 6.03. The standard InChI is InChI=1S/C19H31N2O5P/c1-13(2)25-27(24,26-14(3)4)16(6)21-19(23)15(5)20-18(22)12-17-10-8-7-9-11-17/h7-11,13-16H,12H2,1-6H3,(H,20,22)(H,21,23). The highest BCUT2D eigenvalue weighted by atomic mass is 31.2. The summed E-state index contributed by atoms with van der Waals surface area (Å²) in [6, 6.07) is 8.47. The molecule has 0 saturated carbocycles. The highest BCUT2D eigenvalue weighted by Gasteiger charge is 2.36. The molecule has 0 aromatic heterocycles. The van der Waals surface area contributed by atoms with Gasteiger partial charge in [-0.05, 0) is 47.1 Å². The maximum atomic E-state index is 13.0. The minimum Gasteiger partial charge on any atom is -0.344 e. The van der Waals surface area contributed by atoms with Crippen molar-refractivity contribution in [3.8, 4) is 0 Å². The second-order valence-corrected chi connectivity index (χ2v) is 9.26. The Morgan fingerprint density at radius 1 is 0.926 bits per heavy atom. The van der Waals surface area contributed by atoms with Crippen LogP contribution in [0.3, 0.4) is 0 Å². The first-order valence-electron chi connectivity index (χ1n) is 9.13. The van der Waals surface area contributed by atoms with Crippen molar-refractivity contribution in [2.45, 2.75) is 72.0 Å². The first kappa shape index (κ1) is 23.3. The second-order valence-electron chi connectivity index (χ2n) is 6.98. The van der Waals surface area contributed by atoms with Gasteiger partial charge in [0.05, 0.1) is 18.6 Å². The molecular formula is C19H31N2O5P. The van der Waals surface area contributed by atoms with Gasteiger partial charge in [0.15, 0.2) is 0 Å². The molecule has 0 bridgehead atoms. The van der Waals surface area contributed by atoms with E-state index >= 15 is 0 Å². The predicted octanol–water partition coefficient (Wildman–Crippen LogP) is 3.24. The maximum absolute atomic E-state index is 13.0. The summed E-state index contributed by atoms with van der Waals surface area (Å²) in [4.78, 5) is 24.5. The molecule has 7 nitrogen and oxygen atoms in total. The van der Waals surface area contributed by atoms with E-state index in [0.717, 1.165) is 5.56 Å². The summed E-state index contributed by atoms with van der Waals surface area (Å²) < 4.78 is 24.0. The molecule has 2 unspecified atom stereocenters. The van der Waals surface area contributed by atoms with E-state index in [4.69, 9.17) is 9.05 Å². The van der Waals surface area contributed by atoms with Crippen LogP contribution < -0.4 is 10.6 Å². The first-order valence-corrected chi connectivity index (χ1v) is 10.7. The minimum absolute atomic E-state index is 0.180. The van der Waals surface area contributed by atoms with Crippen molar-refractivity contribution < 1.29 is 23.2 Å². The van der Waals surface area contributed by atoms with Gasteiger partial charge in [-0.3, -0.25) is 14.2 Å². The molecule has 0 saturated heterocycles. The van der Waals surface area contributed by atoms with Gasteiger partial charge < -0.3 is 19.7 Å². The summed E-state index contributed by atoms with van der Waals surface area (Å²) >= 11 is 0. The van der Waals surface area contributed by atoms with E-state index < -0.39 is 25.3 Å². The molecule has 27 heavy (non-hydrogen) atoms. The van der Waals surface area contributed by atoms with Crippen molar-refractivity contribution in [1.29, 1.82) is 0 Å². The Kier molecular flexibility index (Phi) is 9.16. The van der Waals surface area contributed by atoms with Gasteiger partial charge in [-0.15, -0.1) is 0 Å². The smallest absolute Gasteiger partial charge is 0.344 e. The first-order chi connectivity index (χ1) is 12.5. The molecule has 0 aliphatic heterocycles. The van der Waals surface area contributed by atoms with Crippen molar-refractivity contribution in [3.63, 3.8) is 0 Å². The molecule has 2 amide bonds. The Hall–Kier alpha value is -1.69. The number of nitrogens with one attached hydrogen (secondary N) is 2. The van der Waals surface area contributed by atoms with Crippen LogP contribution in [0.4, 0.5) is 0 Å². The molecule has 1 rings (SSSR count). The average Bonchev–Trinajstić information content (AvgIpc) is 2.53. The molecule has 1 aromatic rings. The van der Waals surface area contributed by atoms with Crippen LogP contribution in [0.2, 0.25) is 0 Å². The fourth-order valence-electron chi connectivity index (χ4n) is 2.34. The lowest BCUT2D eigenvalue weighted by atomic mass is 10.1. The van der Waals surface area contributed by atoms with E-state index in [2.05, 4.69) is 10.6 Å². The molecule has 0 radical (unpaired) electrons. The largest absolute Gasteiger partial charge is 0.352 e. The quantitative estimate of drug-likeness (QED) is 0.590. The topological polar surface area (TPSA) is 93.7 Å². The van der Waals surface area contributed by atoms with Crippen molar-refractivity contribution >= 4 is 19.4 Å². The van der Waals surface area contributed by atoms with Crippen molar-refractivity contribution in [1.82, 2.24) is 10.6 Å². The van der Waals surface area contributed by atoms with Gasteiger partial charge in [0.25, 0.3) is 0 Å². The van der Waals surface area contributed by atoms with Crippen molar-refractivity contribution in [3.05, 3.63) is 35.9 Å². The lowest BCUT2D eigenvalue weighted by Gasteiger charge is -2.29. The second kappa shape index (κ2) is 10.6. The van der Waals surface area contributed by atoms with Crippen LogP contribution in [0.25, 0.3) is 0 Å². The summed E-state index contributed by atoms with van der Waals surface area (Å²) in [5.41, 5.74) is 0.858. The zero-order valence-electron chi connectivity index (χ0n) is 16.9. The molecule has 0 fully saturated rings. The Morgan fingerprint density at radius 3 is 1.93 bits per heavy atom. The Morgan fingerprint density at radius 2 is 1.44 bits per heavy atom. The summed E-state index contributed by atoms with van der Waals surface area (Å²) in [5, 5.41) is 5.28. The van der Waals surface area contributed by atoms with Gasteiger partial charge in [0.2, 0.25) is 11.8 Å². The third kappa shape index (κ3) is 8.24. The Labute approximate surface area is 161 Å². The van der Waals surface area contributed by atoms with Gasteiger partial charge in [-0.1, -0.05) is 30.3 Å². The van der Waals surface area contributed by atoms with Gasteiger partial charge in [-0.2, -0.15) is 0 Å². The van der Waals surface area contributed by atoms with E-state index in [0.29, 0.717) is 0 Å². The van der Waals surface area contributed by atoms with E-state index in [1.165, 1.54) is 0 Å². The predicted molar refractivity (Wildman–Crippen MR) is 105 cm³/mol. The van der Waals surface area contributed by atoms with Crippen LogP contribution in [0.5, 0.6) is 0 Å². The SMILES string of the molecule is CC(C)OP(=O)(OC(C)C)C(C)NC(=O)C(C)NC(=O)Cc1ccccc1. The van der Waals surface area contributed by atoms with Gasteiger partial charge >= 0.3 is 7.60 Å². The van der Waals surface area contributed by atoms with Crippen LogP contribution in [0.15, 0.2) is 30.3 Å². The highest BCUT2D eigenvalue weighted by Crippen LogP contribution is 2.53. The zero-order chi connectivity index (χ0) is 20.6. The average molecular weight is 398 g/mol. The number of carbonyl (C=O) groups excluding carboxylic acids is 2. The fraction of sp³-hybridized carbons (Fsp3) is 0.579. The fourth-order valence-corrected chi connectivity index (χ4v) is 4.22. The molecule has 0 aliphatic rings. The van der Waals surface area contributed by atoms with Crippen LogP contribution in [0.1, 0.15) is 47.1 Å². The molecule has 0 aliphatic carbocycles. The van der Waals surface area contributed by atoms with Crippen LogP contribution >= 0.6 is 7.60 Å². The third-order valence-electron chi connectivity index (χ3n) is 3.52. The summed E-state index contributed by atoms with van der Waals surface area (Å²) in [5.74, 6) is -1.57. The summed E-state index contributed by atoms with van der Waals surface area (Å²) in [6.07, 6.45) is -0.465. The van der Waals surface area contributed by atoms with Gasteiger partial charge in [0, 0.05) is 0 Å². The monoisotopic (exact) mass is 398 g/mol. The van der Waals surface area contributed by atoms with Gasteiger partial charge in [-0.25, -0.2) is 0 Å². The van der Waals surface area contributed by atoms with Crippen molar-refractivity contribution in [2.75, 3.05) is 0 Å². The Bertz CT molecular complexity index is 649. The lowest BCUT2D eigenvalue weighted by molar-refractivity contribution is -0.128. The summed E-state index contributed by atoms with van der Waals surface area (Å²) in [6.45, 7) is 10.1. The number of carbonyl (C=O) groups is 2. The number of hydrogen-bond donors (Lipinski definition) is 2. The highest BCUT2D eigenvalue weighted by molar-refractivity contribution is 7.54. The van der Waals surface area contributed by atoms with E-state index in [1.807, 2.05) is 30.3 Å². The number of rotatable bonds is 10. The molecule has 0 spiro atoms. The molecular weight excluding hydrogens is 367 g/mol. The molecule has 152 valence electrons. The number of amides is 2. The maximum Gasteiger partial charge on any atom is 0.352 e. The van der Waals surface area contributed by atoms with E-state index in [1.54, 1.807) is 41.5 Å². The molecule has 8 heteroatoms. The lowest BCUT2D eigenvalue weighted by Crippen LogP contribution is -2.48. The summed E-state index contributed by atoms with van der Waals surface area (Å²) in [7, 11) is -3.55. The van der Waals surface area contributed by atoms with Gasteiger partial charge in [0.1, 0.15) is 11.8 Å². The molecule has 0 heterocycles. The zero-order valence-corrected chi connectivity index (χ0v) is 17.8. The minimum atomic E-state index is -3.55. The molecule has 2 atom stereocenters. The Balaban J connectivity index is 2.66. The van der Waals surface area contributed by atoms with Crippen LogP contribution in [-0.4, -0.2) is 35.8 Å². The van der Waals surface area contributed by atoms with E-state index in [-0.39, 0.29) is 24.5 Å².